The van der Waals surface area contributed by atoms with Crippen LogP contribution < -0.4 is 0 Å². The van der Waals surface area contributed by atoms with Gasteiger partial charge in [-0.25, -0.2) is 0 Å². The molecule has 0 radical (unpaired) electrons. The molecule has 12 heavy (non-hydrogen) atoms. The van der Waals surface area contributed by atoms with Gasteiger partial charge in [-0.05, 0) is 31.6 Å². The number of hydrogen-bond donors (Lipinski definition) is 0. The number of rotatable bonds is 6. The van der Waals surface area contributed by atoms with Gasteiger partial charge < -0.3 is 4.74 Å². The lowest BCUT2D eigenvalue weighted by Gasteiger charge is -2.03. The molecule has 2 atom stereocenters. The summed E-state index contributed by atoms with van der Waals surface area (Å²) >= 11 is 0. The van der Waals surface area contributed by atoms with Crippen molar-refractivity contribution < 1.29 is 4.74 Å². The zero-order valence-corrected chi connectivity index (χ0v) is 8.68. The first kappa shape index (κ1) is 10.0. The summed E-state index contributed by atoms with van der Waals surface area (Å²) in [6.07, 6.45) is 6.12. The maximum Gasteiger partial charge on any atom is 0.0607 e. The van der Waals surface area contributed by atoms with E-state index in [1.54, 1.807) is 0 Å². The molecule has 2 unspecified atom stereocenters. The third-order valence-electron chi connectivity index (χ3n) is 2.59. The fourth-order valence-electron chi connectivity index (χ4n) is 1.73. The van der Waals surface area contributed by atoms with Crippen molar-refractivity contribution in [3.63, 3.8) is 0 Å². The standard InChI is InChI=1S/C11H22O/c1-4-12-11-8-10(11)7-5-6-9(2)3/h9-11H,4-8H2,1-3H3. The van der Waals surface area contributed by atoms with Crippen molar-refractivity contribution in [2.75, 3.05) is 6.61 Å². The molecule has 0 amide bonds. The van der Waals surface area contributed by atoms with E-state index in [0.29, 0.717) is 6.10 Å². The summed E-state index contributed by atoms with van der Waals surface area (Å²) in [6, 6.07) is 0. The molecule has 1 fully saturated rings. The van der Waals surface area contributed by atoms with Crippen molar-refractivity contribution in [2.45, 2.75) is 52.6 Å². The van der Waals surface area contributed by atoms with E-state index in [9.17, 15) is 0 Å². The van der Waals surface area contributed by atoms with E-state index in [1.807, 2.05) is 0 Å². The molecule has 1 aliphatic rings. The van der Waals surface area contributed by atoms with Crippen molar-refractivity contribution in [1.82, 2.24) is 0 Å². The Morgan fingerprint density at radius 1 is 1.42 bits per heavy atom. The van der Waals surface area contributed by atoms with Crippen LogP contribution in [0.1, 0.15) is 46.5 Å². The van der Waals surface area contributed by atoms with Gasteiger partial charge >= 0.3 is 0 Å². The molecule has 0 heterocycles. The average molecular weight is 170 g/mol. The molecule has 1 rings (SSSR count). The van der Waals surface area contributed by atoms with E-state index in [0.717, 1.165) is 18.4 Å². The Labute approximate surface area is 76.5 Å². The van der Waals surface area contributed by atoms with Gasteiger partial charge in [0.15, 0.2) is 0 Å². The zero-order chi connectivity index (χ0) is 8.97. The van der Waals surface area contributed by atoms with E-state index in [4.69, 9.17) is 4.74 Å². The second-order valence-corrected chi connectivity index (χ2v) is 4.31. The third-order valence-corrected chi connectivity index (χ3v) is 2.59. The molecule has 0 aromatic rings. The van der Waals surface area contributed by atoms with Crippen LogP contribution in [0.4, 0.5) is 0 Å². The highest BCUT2D eigenvalue weighted by Gasteiger charge is 2.36. The Hall–Kier alpha value is -0.0400. The summed E-state index contributed by atoms with van der Waals surface area (Å²) in [6.45, 7) is 7.58. The molecule has 1 nitrogen and oxygen atoms in total. The lowest BCUT2D eigenvalue weighted by Crippen LogP contribution is -1.96. The van der Waals surface area contributed by atoms with Gasteiger partial charge in [0.1, 0.15) is 0 Å². The van der Waals surface area contributed by atoms with Crippen molar-refractivity contribution in [1.29, 1.82) is 0 Å². The normalized spacial score (nSPS) is 28.0. The minimum atomic E-state index is 0.627. The number of hydrogen-bond acceptors (Lipinski definition) is 1. The molecule has 0 bridgehead atoms. The molecule has 0 spiro atoms. The molecule has 0 aromatic carbocycles. The van der Waals surface area contributed by atoms with Crippen LogP contribution in [0.2, 0.25) is 0 Å². The molecule has 72 valence electrons. The average Bonchev–Trinajstić information content (AvgIpc) is 2.68. The highest BCUT2D eigenvalue weighted by Crippen LogP contribution is 2.38. The molecule has 1 aliphatic carbocycles. The molecule has 0 aromatic heterocycles. The first-order valence-electron chi connectivity index (χ1n) is 5.35. The molecular weight excluding hydrogens is 148 g/mol. The monoisotopic (exact) mass is 170 g/mol. The first-order chi connectivity index (χ1) is 5.74. The number of ether oxygens (including phenoxy) is 1. The summed E-state index contributed by atoms with van der Waals surface area (Å²) in [5.74, 6) is 1.78. The summed E-state index contributed by atoms with van der Waals surface area (Å²) < 4.78 is 5.52. The van der Waals surface area contributed by atoms with Gasteiger partial charge in [-0.15, -0.1) is 0 Å². The van der Waals surface area contributed by atoms with Gasteiger partial charge in [0.25, 0.3) is 0 Å². The van der Waals surface area contributed by atoms with E-state index < -0.39 is 0 Å². The smallest absolute Gasteiger partial charge is 0.0607 e. The highest BCUT2D eigenvalue weighted by molar-refractivity contribution is 4.87. The second kappa shape index (κ2) is 4.86. The van der Waals surface area contributed by atoms with Crippen LogP contribution in [0.25, 0.3) is 0 Å². The van der Waals surface area contributed by atoms with Crippen molar-refractivity contribution >= 4 is 0 Å². The van der Waals surface area contributed by atoms with Gasteiger partial charge in [-0.1, -0.05) is 26.7 Å². The largest absolute Gasteiger partial charge is 0.378 e. The third kappa shape index (κ3) is 3.57. The van der Waals surface area contributed by atoms with Gasteiger partial charge in [-0.3, -0.25) is 0 Å². The first-order valence-corrected chi connectivity index (χ1v) is 5.35. The van der Waals surface area contributed by atoms with E-state index >= 15 is 0 Å². The summed E-state index contributed by atoms with van der Waals surface area (Å²) in [4.78, 5) is 0. The van der Waals surface area contributed by atoms with Crippen LogP contribution in [-0.4, -0.2) is 12.7 Å². The van der Waals surface area contributed by atoms with Crippen molar-refractivity contribution in [2.24, 2.45) is 11.8 Å². The Kier molecular flexibility index (Phi) is 4.07. The molecule has 0 N–H and O–H groups in total. The van der Waals surface area contributed by atoms with Gasteiger partial charge in [0.2, 0.25) is 0 Å². The fraction of sp³-hybridized carbons (Fsp3) is 1.00. The second-order valence-electron chi connectivity index (χ2n) is 4.31. The van der Waals surface area contributed by atoms with Crippen molar-refractivity contribution in [3.05, 3.63) is 0 Å². The Bertz CT molecular complexity index is 120. The lowest BCUT2D eigenvalue weighted by atomic mass is 10.0. The zero-order valence-electron chi connectivity index (χ0n) is 8.68. The molecular formula is C11H22O. The predicted molar refractivity (Wildman–Crippen MR) is 52.2 cm³/mol. The Morgan fingerprint density at radius 3 is 2.75 bits per heavy atom. The molecule has 0 saturated heterocycles. The highest BCUT2D eigenvalue weighted by atomic mass is 16.5. The van der Waals surface area contributed by atoms with Gasteiger partial charge in [0.05, 0.1) is 6.10 Å². The van der Waals surface area contributed by atoms with E-state index in [-0.39, 0.29) is 0 Å². The SMILES string of the molecule is CCOC1CC1CCCC(C)C. The molecule has 1 heteroatoms. The topological polar surface area (TPSA) is 9.23 Å². The Balaban J connectivity index is 1.90. The van der Waals surface area contributed by atoms with Crippen LogP contribution in [0.5, 0.6) is 0 Å². The van der Waals surface area contributed by atoms with E-state index in [1.165, 1.54) is 25.7 Å². The van der Waals surface area contributed by atoms with E-state index in [2.05, 4.69) is 20.8 Å². The maximum absolute atomic E-state index is 5.52. The van der Waals surface area contributed by atoms with Crippen LogP contribution in [-0.2, 0) is 4.74 Å². The lowest BCUT2D eigenvalue weighted by molar-refractivity contribution is 0.119. The van der Waals surface area contributed by atoms with Crippen molar-refractivity contribution in [3.8, 4) is 0 Å². The summed E-state index contributed by atoms with van der Waals surface area (Å²) in [5.41, 5.74) is 0. The van der Waals surface area contributed by atoms with Crippen LogP contribution in [0.3, 0.4) is 0 Å². The van der Waals surface area contributed by atoms with Crippen LogP contribution in [0, 0.1) is 11.8 Å². The summed E-state index contributed by atoms with van der Waals surface area (Å²) in [7, 11) is 0. The fourth-order valence-corrected chi connectivity index (χ4v) is 1.73. The predicted octanol–water partition coefficient (Wildman–Crippen LogP) is 3.24. The summed E-state index contributed by atoms with van der Waals surface area (Å²) in [5, 5.41) is 0. The van der Waals surface area contributed by atoms with Crippen LogP contribution >= 0.6 is 0 Å². The molecule has 0 aliphatic heterocycles. The molecule has 1 saturated carbocycles. The maximum atomic E-state index is 5.52. The van der Waals surface area contributed by atoms with Gasteiger partial charge in [-0.2, -0.15) is 0 Å². The minimum Gasteiger partial charge on any atom is -0.378 e. The van der Waals surface area contributed by atoms with Crippen LogP contribution in [0.15, 0.2) is 0 Å². The van der Waals surface area contributed by atoms with Gasteiger partial charge in [0, 0.05) is 6.61 Å². The minimum absolute atomic E-state index is 0.627. The quantitative estimate of drug-likeness (QED) is 0.594. The Morgan fingerprint density at radius 2 is 2.17 bits per heavy atom.